The Morgan fingerprint density at radius 1 is 0.947 bits per heavy atom. The zero-order valence-electron chi connectivity index (χ0n) is 9.39. The van der Waals surface area contributed by atoms with Crippen molar-refractivity contribution in [2.75, 3.05) is 0 Å². The lowest BCUT2D eigenvalue weighted by Gasteiger charge is -1.99. The first-order valence-corrected chi connectivity index (χ1v) is 5.36. The van der Waals surface area contributed by atoms with Crippen LogP contribution in [0.2, 0.25) is 0 Å². The van der Waals surface area contributed by atoms with Crippen LogP contribution in [0.5, 0.6) is 0 Å². The van der Waals surface area contributed by atoms with E-state index in [1.807, 2.05) is 22.7 Å². The standard InChI is InChI=1S/C9H6N10/c1-2-7-10-3-6(9-13-17-18-14-9)19(7)4-5(1)8-11-15-16-12-8/h1-4H,(H,11,12,15,16)(H,13,14,17,18). The van der Waals surface area contributed by atoms with Crippen LogP contribution in [0, 0.1) is 0 Å². The minimum atomic E-state index is 0.470. The molecule has 4 aromatic rings. The molecule has 10 nitrogen and oxygen atoms in total. The maximum atomic E-state index is 4.27. The van der Waals surface area contributed by atoms with Crippen LogP contribution in [-0.2, 0) is 0 Å². The van der Waals surface area contributed by atoms with E-state index in [1.54, 1.807) is 6.20 Å². The summed E-state index contributed by atoms with van der Waals surface area (Å²) in [6, 6.07) is 3.72. The van der Waals surface area contributed by atoms with E-state index in [2.05, 4.69) is 46.2 Å². The molecular formula is C9H6N10. The van der Waals surface area contributed by atoms with Gasteiger partial charge >= 0.3 is 0 Å². The predicted molar refractivity (Wildman–Crippen MR) is 61.5 cm³/mol. The number of imidazole rings is 1. The van der Waals surface area contributed by atoms with Crippen molar-refractivity contribution in [1.82, 2.24) is 50.6 Å². The molecule has 0 saturated heterocycles. The van der Waals surface area contributed by atoms with Gasteiger partial charge in [-0.1, -0.05) is 0 Å². The van der Waals surface area contributed by atoms with Gasteiger partial charge in [0.15, 0.2) is 0 Å². The number of nitrogens with one attached hydrogen (secondary N) is 2. The fraction of sp³-hybridized carbons (Fsp3) is 0. The number of nitrogens with zero attached hydrogens (tertiary/aromatic N) is 8. The molecular weight excluding hydrogens is 248 g/mol. The minimum absolute atomic E-state index is 0.470. The van der Waals surface area contributed by atoms with Gasteiger partial charge in [-0.05, 0) is 22.6 Å². The third kappa shape index (κ3) is 1.46. The molecule has 0 bridgehead atoms. The molecule has 0 aromatic carbocycles. The zero-order valence-corrected chi connectivity index (χ0v) is 9.39. The van der Waals surface area contributed by atoms with Crippen LogP contribution in [-0.4, -0.2) is 50.6 Å². The van der Waals surface area contributed by atoms with Crippen molar-refractivity contribution in [3.63, 3.8) is 0 Å². The van der Waals surface area contributed by atoms with Gasteiger partial charge in [0.2, 0.25) is 11.6 Å². The summed E-state index contributed by atoms with van der Waals surface area (Å²) in [5, 5.41) is 27.7. The normalized spacial score (nSPS) is 11.2. The highest BCUT2D eigenvalue weighted by Gasteiger charge is 2.11. The Balaban J connectivity index is 1.95. The fourth-order valence-corrected chi connectivity index (χ4v) is 1.83. The topological polar surface area (TPSA) is 126 Å². The number of fused-ring (bicyclic) bond motifs is 1. The van der Waals surface area contributed by atoms with Crippen molar-refractivity contribution < 1.29 is 0 Å². The molecule has 19 heavy (non-hydrogen) atoms. The van der Waals surface area contributed by atoms with Crippen LogP contribution in [0.1, 0.15) is 0 Å². The van der Waals surface area contributed by atoms with Crippen molar-refractivity contribution >= 4 is 5.65 Å². The molecule has 0 fully saturated rings. The summed E-state index contributed by atoms with van der Waals surface area (Å²) in [5.41, 5.74) is 2.31. The zero-order chi connectivity index (χ0) is 12.7. The Kier molecular flexibility index (Phi) is 1.89. The summed E-state index contributed by atoms with van der Waals surface area (Å²) in [4.78, 5) is 4.27. The Labute approximate surface area is 104 Å². The Morgan fingerprint density at radius 2 is 1.74 bits per heavy atom. The molecule has 0 amide bonds. The van der Waals surface area contributed by atoms with E-state index in [9.17, 15) is 0 Å². The number of rotatable bonds is 2. The molecule has 2 N–H and O–H groups in total. The van der Waals surface area contributed by atoms with Gasteiger partial charge in [-0.25, -0.2) is 4.98 Å². The monoisotopic (exact) mass is 254 g/mol. The van der Waals surface area contributed by atoms with Gasteiger partial charge in [0, 0.05) is 11.8 Å². The quantitative estimate of drug-likeness (QED) is 0.502. The number of aromatic nitrogens is 10. The summed E-state index contributed by atoms with van der Waals surface area (Å²) in [5.74, 6) is 0.979. The third-order valence-corrected chi connectivity index (χ3v) is 2.68. The number of tetrazole rings is 2. The predicted octanol–water partition coefficient (Wildman–Crippen LogP) is -0.306. The smallest absolute Gasteiger partial charge is 0.222 e. The Morgan fingerprint density at radius 3 is 2.47 bits per heavy atom. The average Bonchev–Trinajstić information content (AvgIpc) is 3.18. The first-order valence-electron chi connectivity index (χ1n) is 5.36. The summed E-state index contributed by atoms with van der Waals surface area (Å²) in [7, 11) is 0. The van der Waals surface area contributed by atoms with E-state index in [-0.39, 0.29) is 0 Å². The molecule has 92 valence electrons. The molecule has 0 saturated carbocycles. The first kappa shape index (κ1) is 9.82. The summed E-state index contributed by atoms with van der Waals surface area (Å²) >= 11 is 0. The van der Waals surface area contributed by atoms with Crippen LogP contribution in [0.25, 0.3) is 28.6 Å². The minimum Gasteiger partial charge on any atom is -0.296 e. The first-order chi connectivity index (χ1) is 9.42. The molecule has 0 unspecified atom stereocenters. The SMILES string of the molecule is c1cc2ncc(-c3nn[nH]n3)n2cc1-c1nn[nH]n1. The lowest BCUT2D eigenvalue weighted by atomic mass is 10.2. The molecule has 4 heterocycles. The lowest BCUT2D eigenvalue weighted by Crippen LogP contribution is -1.92. The van der Waals surface area contributed by atoms with Gasteiger partial charge in [0.25, 0.3) is 0 Å². The van der Waals surface area contributed by atoms with Crippen molar-refractivity contribution in [1.29, 1.82) is 0 Å². The van der Waals surface area contributed by atoms with Crippen LogP contribution in [0.3, 0.4) is 0 Å². The summed E-state index contributed by atoms with van der Waals surface area (Å²) in [6.07, 6.45) is 3.53. The molecule has 0 atom stereocenters. The van der Waals surface area contributed by atoms with Gasteiger partial charge in [0.1, 0.15) is 11.3 Å². The van der Waals surface area contributed by atoms with Crippen molar-refractivity contribution in [2.24, 2.45) is 0 Å². The lowest BCUT2D eigenvalue weighted by molar-refractivity contribution is 0.881. The van der Waals surface area contributed by atoms with Gasteiger partial charge in [-0.3, -0.25) is 4.40 Å². The maximum absolute atomic E-state index is 4.27. The molecule has 0 radical (unpaired) electrons. The van der Waals surface area contributed by atoms with Gasteiger partial charge in [-0.15, -0.1) is 20.4 Å². The van der Waals surface area contributed by atoms with Crippen LogP contribution in [0.15, 0.2) is 24.5 Å². The van der Waals surface area contributed by atoms with Gasteiger partial charge < -0.3 is 0 Å². The van der Waals surface area contributed by atoms with E-state index in [4.69, 9.17) is 0 Å². The highest BCUT2D eigenvalue weighted by atomic mass is 15.5. The van der Waals surface area contributed by atoms with Crippen LogP contribution >= 0.6 is 0 Å². The molecule has 0 aliphatic heterocycles. The molecule has 0 aliphatic carbocycles. The van der Waals surface area contributed by atoms with Crippen LogP contribution < -0.4 is 0 Å². The molecule has 4 rings (SSSR count). The second kappa shape index (κ2) is 3.66. The van der Waals surface area contributed by atoms with Gasteiger partial charge in [0.05, 0.1) is 6.20 Å². The number of aromatic amines is 2. The van der Waals surface area contributed by atoms with E-state index in [1.165, 1.54) is 0 Å². The maximum Gasteiger partial charge on any atom is 0.222 e. The van der Waals surface area contributed by atoms with Crippen molar-refractivity contribution in [3.05, 3.63) is 24.5 Å². The van der Waals surface area contributed by atoms with Gasteiger partial charge in [-0.2, -0.15) is 10.4 Å². The fourth-order valence-electron chi connectivity index (χ4n) is 1.83. The number of hydrogen-bond acceptors (Lipinski definition) is 7. The Bertz CT molecular complexity index is 812. The molecule has 0 aliphatic rings. The summed E-state index contributed by atoms with van der Waals surface area (Å²) < 4.78 is 1.84. The highest BCUT2D eigenvalue weighted by molar-refractivity contribution is 5.62. The van der Waals surface area contributed by atoms with Crippen molar-refractivity contribution in [2.45, 2.75) is 0 Å². The average molecular weight is 254 g/mol. The Hall–Kier alpha value is -3.17. The van der Waals surface area contributed by atoms with Crippen LogP contribution in [0.4, 0.5) is 0 Å². The number of hydrogen-bond donors (Lipinski definition) is 2. The highest BCUT2D eigenvalue weighted by Crippen LogP contribution is 2.20. The summed E-state index contributed by atoms with van der Waals surface area (Å²) in [6.45, 7) is 0. The largest absolute Gasteiger partial charge is 0.296 e. The third-order valence-electron chi connectivity index (χ3n) is 2.68. The second-order valence-corrected chi connectivity index (χ2v) is 3.76. The molecule has 4 aromatic heterocycles. The molecule has 10 heteroatoms. The number of H-pyrrole nitrogens is 2. The van der Waals surface area contributed by atoms with E-state index < -0.39 is 0 Å². The van der Waals surface area contributed by atoms with E-state index in [0.29, 0.717) is 11.6 Å². The van der Waals surface area contributed by atoms with E-state index in [0.717, 1.165) is 16.9 Å². The van der Waals surface area contributed by atoms with E-state index >= 15 is 0 Å². The molecule has 0 spiro atoms. The van der Waals surface area contributed by atoms with Crippen molar-refractivity contribution in [3.8, 4) is 22.9 Å². The second-order valence-electron chi connectivity index (χ2n) is 3.76. The number of pyridine rings is 1.